The molecule has 0 unspecified atom stereocenters. The van der Waals surface area contributed by atoms with Gasteiger partial charge in [-0.25, -0.2) is 0 Å². The minimum Gasteiger partial charge on any atom is -0.380 e. The van der Waals surface area contributed by atoms with Gasteiger partial charge in [0.2, 0.25) is 0 Å². The van der Waals surface area contributed by atoms with E-state index in [9.17, 15) is 4.79 Å². The lowest BCUT2D eigenvalue weighted by atomic mass is 10.00. The summed E-state index contributed by atoms with van der Waals surface area (Å²) in [6.45, 7) is 5.55. The first-order chi connectivity index (χ1) is 6.86. The molecule has 0 radical (unpaired) electrons. The molecule has 0 spiro atoms. The average Bonchev–Trinajstić information content (AvgIpc) is 2.23. The van der Waals surface area contributed by atoms with Crippen LogP contribution < -0.4 is 0 Å². The number of morpholine rings is 1. The number of ether oxygens (including phenoxy) is 2. The van der Waals surface area contributed by atoms with Gasteiger partial charge >= 0.3 is 0 Å². The standard InChI is InChI=1S/C10H17NO3/c12-10-1-4-14-8-9(10)7-11-2-5-13-6-3-11/h9H,1-8H2/t9-/m0/s1. The van der Waals surface area contributed by atoms with E-state index in [2.05, 4.69) is 4.90 Å². The Labute approximate surface area is 84.2 Å². The van der Waals surface area contributed by atoms with E-state index >= 15 is 0 Å². The molecule has 4 heteroatoms. The van der Waals surface area contributed by atoms with E-state index in [1.54, 1.807) is 0 Å². The van der Waals surface area contributed by atoms with E-state index in [0.29, 0.717) is 25.4 Å². The number of rotatable bonds is 2. The predicted octanol–water partition coefficient (Wildman–Crippen LogP) is -0.0758. The lowest BCUT2D eigenvalue weighted by molar-refractivity contribution is -0.131. The first kappa shape index (κ1) is 10.1. The van der Waals surface area contributed by atoms with Crippen molar-refractivity contribution in [1.29, 1.82) is 0 Å². The van der Waals surface area contributed by atoms with Crippen LogP contribution in [0.25, 0.3) is 0 Å². The van der Waals surface area contributed by atoms with Crippen LogP contribution in [0.15, 0.2) is 0 Å². The van der Waals surface area contributed by atoms with Crippen LogP contribution in [0.1, 0.15) is 6.42 Å². The van der Waals surface area contributed by atoms with Gasteiger partial charge in [0, 0.05) is 26.1 Å². The van der Waals surface area contributed by atoms with Crippen molar-refractivity contribution in [1.82, 2.24) is 4.90 Å². The quantitative estimate of drug-likeness (QED) is 0.624. The smallest absolute Gasteiger partial charge is 0.141 e. The second-order valence-electron chi connectivity index (χ2n) is 3.90. The number of hydrogen-bond donors (Lipinski definition) is 0. The highest BCUT2D eigenvalue weighted by Gasteiger charge is 2.25. The fourth-order valence-corrected chi connectivity index (χ4v) is 1.95. The van der Waals surface area contributed by atoms with Crippen LogP contribution in [-0.4, -0.2) is 56.7 Å². The summed E-state index contributed by atoms with van der Waals surface area (Å²) in [5, 5.41) is 0. The summed E-state index contributed by atoms with van der Waals surface area (Å²) in [6.07, 6.45) is 0.592. The summed E-state index contributed by atoms with van der Waals surface area (Å²) in [5.74, 6) is 0.463. The van der Waals surface area contributed by atoms with Crippen molar-refractivity contribution >= 4 is 5.78 Å². The molecule has 0 aromatic rings. The summed E-state index contributed by atoms with van der Waals surface area (Å²) >= 11 is 0. The Balaban J connectivity index is 1.79. The lowest BCUT2D eigenvalue weighted by Gasteiger charge is -2.31. The zero-order valence-electron chi connectivity index (χ0n) is 8.41. The fourth-order valence-electron chi connectivity index (χ4n) is 1.95. The van der Waals surface area contributed by atoms with Gasteiger partial charge in [-0.1, -0.05) is 0 Å². The number of nitrogens with zero attached hydrogens (tertiary/aromatic N) is 1. The summed E-state index contributed by atoms with van der Waals surface area (Å²) in [6, 6.07) is 0. The molecule has 0 saturated carbocycles. The molecule has 2 saturated heterocycles. The Hall–Kier alpha value is -0.450. The number of carbonyl (C=O) groups is 1. The molecule has 0 amide bonds. The van der Waals surface area contributed by atoms with E-state index in [1.165, 1.54) is 0 Å². The van der Waals surface area contributed by atoms with Crippen molar-refractivity contribution in [2.24, 2.45) is 5.92 Å². The highest BCUT2D eigenvalue weighted by Crippen LogP contribution is 2.12. The van der Waals surface area contributed by atoms with Crippen molar-refractivity contribution in [3.05, 3.63) is 0 Å². The number of ketones is 1. The summed E-state index contributed by atoms with van der Waals surface area (Å²) < 4.78 is 10.6. The maximum atomic E-state index is 11.5. The van der Waals surface area contributed by atoms with Crippen molar-refractivity contribution in [3.8, 4) is 0 Å². The van der Waals surface area contributed by atoms with Crippen molar-refractivity contribution < 1.29 is 14.3 Å². The highest BCUT2D eigenvalue weighted by molar-refractivity contribution is 5.82. The van der Waals surface area contributed by atoms with E-state index < -0.39 is 0 Å². The molecule has 0 aliphatic carbocycles. The van der Waals surface area contributed by atoms with Crippen LogP contribution in [0, 0.1) is 5.92 Å². The zero-order chi connectivity index (χ0) is 9.80. The number of carbonyl (C=O) groups excluding carboxylic acids is 1. The largest absolute Gasteiger partial charge is 0.380 e. The van der Waals surface area contributed by atoms with Crippen molar-refractivity contribution in [2.75, 3.05) is 46.1 Å². The molecule has 0 bridgehead atoms. The molecule has 2 fully saturated rings. The second kappa shape index (κ2) is 4.87. The zero-order valence-corrected chi connectivity index (χ0v) is 8.41. The van der Waals surface area contributed by atoms with Crippen LogP contribution in [0.2, 0.25) is 0 Å². The second-order valence-corrected chi connectivity index (χ2v) is 3.90. The average molecular weight is 199 g/mol. The lowest BCUT2D eigenvalue weighted by Crippen LogP contribution is -2.43. The Morgan fingerprint density at radius 1 is 1.21 bits per heavy atom. The maximum Gasteiger partial charge on any atom is 0.141 e. The number of hydrogen-bond acceptors (Lipinski definition) is 4. The molecule has 0 aromatic heterocycles. The van der Waals surface area contributed by atoms with Gasteiger partial charge in [-0.05, 0) is 0 Å². The monoisotopic (exact) mass is 199 g/mol. The van der Waals surface area contributed by atoms with Gasteiger partial charge in [-0.2, -0.15) is 0 Å². The molecule has 2 aliphatic rings. The van der Waals surface area contributed by atoms with E-state index in [4.69, 9.17) is 9.47 Å². The third-order valence-electron chi connectivity index (χ3n) is 2.85. The highest BCUT2D eigenvalue weighted by atomic mass is 16.5. The summed E-state index contributed by atoms with van der Waals surface area (Å²) in [5.41, 5.74) is 0. The van der Waals surface area contributed by atoms with E-state index in [1.807, 2.05) is 0 Å². The molecule has 1 atom stereocenters. The minimum atomic E-state index is 0.0989. The maximum absolute atomic E-state index is 11.5. The van der Waals surface area contributed by atoms with Gasteiger partial charge in [0.25, 0.3) is 0 Å². The van der Waals surface area contributed by atoms with Crippen LogP contribution in [-0.2, 0) is 14.3 Å². The molecule has 0 aromatic carbocycles. The molecule has 2 rings (SSSR count). The predicted molar refractivity (Wildman–Crippen MR) is 51.2 cm³/mol. The van der Waals surface area contributed by atoms with Gasteiger partial charge in [0.1, 0.15) is 5.78 Å². The van der Waals surface area contributed by atoms with Crippen molar-refractivity contribution in [2.45, 2.75) is 6.42 Å². The normalized spacial score (nSPS) is 30.6. The molecule has 80 valence electrons. The number of Topliss-reactive ketones (excluding diaryl/α,β-unsaturated/α-hetero) is 1. The third-order valence-corrected chi connectivity index (χ3v) is 2.85. The SMILES string of the molecule is O=C1CCOC[C@@H]1CN1CCOCC1. The van der Waals surface area contributed by atoms with Crippen LogP contribution >= 0.6 is 0 Å². The van der Waals surface area contributed by atoms with Gasteiger partial charge in [0.05, 0.1) is 32.3 Å². The Bertz CT molecular complexity index is 202. The van der Waals surface area contributed by atoms with Crippen LogP contribution in [0.4, 0.5) is 0 Å². The van der Waals surface area contributed by atoms with E-state index in [0.717, 1.165) is 32.8 Å². The van der Waals surface area contributed by atoms with Crippen molar-refractivity contribution in [3.63, 3.8) is 0 Å². The van der Waals surface area contributed by atoms with Gasteiger partial charge in [0.15, 0.2) is 0 Å². The van der Waals surface area contributed by atoms with Gasteiger partial charge in [-0.3, -0.25) is 9.69 Å². The molecule has 2 aliphatic heterocycles. The Morgan fingerprint density at radius 3 is 2.71 bits per heavy atom. The Kier molecular flexibility index (Phi) is 3.50. The topological polar surface area (TPSA) is 38.8 Å². The molecule has 2 heterocycles. The summed E-state index contributed by atoms with van der Waals surface area (Å²) in [4.78, 5) is 13.8. The summed E-state index contributed by atoms with van der Waals surface area (Å²) in [7, 11) is 0. The molecule has 0 N–H and O–H groups in total. The molecule has 4 nitrogen and oxygen atoms in total. The molecule has 14 heavy (non-hydrogen) atoms. The minimum absolute atomic E-state index is 0.0989. The first-order valence-corrected chi connectivity index (χ1v) is 5.27. The molecular formula is C10H17NO3. The molecular weight excluding hydrogens is 182 g/mol. The fraction of sp³-hybridized carbons (Fsp3) is 0.900. The van der Waals surface area contributed by atoms with Crippen LogP contribution in [0.3, 0.4) is 0 Å². The van der Waals surface area contributed by atoms with E-state index in [-0.39, 0.29) is 5.92 Å². The third kappa shape index (κ3) is 2.53. The van der Waals surface area contributed by atoms with Gasteiger partial charge in [-0.15, -0.1) is 0 Å². The van der Waals surface area contributed by atoms with Crippen LogP contribution in [0.5, 0.6) is 0 Å². The Morgan fingerprint density at radius 2 is 2.00 bits per heavy atom. The first-order valence-electron chi connectivity index (χ1n) is 5.27. The van der Waals surface area contributed by atoms with Gasteiger partial charge < -0.3 is 9.47 Å².